The van der Waals surface area contributed by atoms with E-state index in [1.54, 1.807) is 0 Å². The number of aryl methyl sites for hydroxylation is 2. The van der Waals surface area contributed by atoms with Crippen LogP contribution in [0.2, 0.25) is 0 Å². The number of amides is 1. The quantitative estimate of drug-likeness (QED) is 0.822. The molecule has 0 saturated carbocycles. The summed E-state index contributed by atoms with van der Waals surface area (Å²) in [5.74, 6) is 0.0464. The summed E-state index contributed by atoms with van der Waals surface area (Å²) in [6, 6.07) is 6.04. The molecule has 2 N–H and O–H groups in total. The zero-order chi connectivity index (χ0) is 16.8. The van der Waals surface area contributed by atoms with Gasteiger partial charge in [-0.2, -0.15) is 0 Å². The Labute approximate surface area is 144 Å². The average molecular weight is 334 g/mol. The van der Waals surface area contributed by atoms with Crippen molar-refractivity contribution in [2.45, 2.75) is 20.8 Å². The van der Waals surface area contributed by atoms with Crippen LogP contribution >= 0.6 is 12.2 Å². The highest BCUT2D eigenvalue weighted by molar-refractivity contribution is 7.80. The minimum Gasteiger partial charge on any atom is -0.363 e. The molecule has 5 nitrogen and oxygen atoms in total. The van der Waals surface area contributed by atoms with Crippen LogP contribution in [0.3, 0.4) is 0 Å². The summed E-state index contributed by atoms with van der Waals surface area (Å²) in [5.41, 5.74) is 3.13. The van der Waals surface area contributed by atoms with Gasteiger partial charge in [-0.3, -0.25) is 9.69 Å². The van der Waals surface area contributed by atoms with Crippen molar-refractivity contribution in [3.05, 3.63) is 29.3 Å². The average Bonchev–Trinajstić information content (AvgIpc) is 2.52. The molecule has 1 aromatic carbocycles. The van der Waals surface area contributed by atoms with Crippen LogP contribution in [0.5, 0.6) is 0 Å². The molecule has 2 rings (SSSR count). The number of para-hydroxylation sites is 1. The molecule has 0 aliphatic carbocycles. The molecule has 1 fully saturated rings. The zero-order valence-electron chi connectivity index (χ0n) is 14.2. The summed E-state index contributed by atoms with van der Waals surface area (Å²) in [6.45, 7) is 10.8. The van der Waals surface area contributed by atoms with Crippen molar-refractivity contribution >= 4 is 28.9 Å². The SMILES string of the molecule is CCNC(=S)N1CCN(CC(=O)Nc2c(C)cccc2C)CC1. The molecule has 0 spiro atoms. The minimum absolute atomic E-state index is 0.0464. The molecule has 0 unspecified atom stereocenters. The number of hydrogen-bond donors (Lipinski definition) is 2. The third kappa shape index (κ3) is 4.91. The van der Waals surface area contributed by atoms with Gasteiger partial charge in [0, 0.05) is 38.4 Å². The summed E-state index contributed by atoms with van der Waals surface area (Å²) >= 11 is 5.33. The van der Waals surface area contributed by atoms with Gasteiger partial charge in [0.25, 0.3) is 0 Å². The van der Waals surface area contributed by atoms with E-state index in [-0.39, 0.29) is 5.91 Å². The van der Waals surface area contributed by atoms with Gasteiger partial charge in [0.15, 0.2) is 5.11 Å². The van der Waals surface area contributed by atoms with Crippen molar-refractivity contribution in [2.75, 3.05) is 44.6 Å². The molecule has 1 amide bonds. The fraction of sp³-hybridized carbons (Fsp3) is 0.529. The maximum absolute atomic E-state index is 12.3. The van der Waals surface area contributed by atoms with Crippen molar-refractivity contribution in [1.29, 1.82) is 0 Å². The summed E-state index contributed by atoms with van der Waals surface area (Å²) in [7, 11) is 0. The van der Waals surface area contributed by atoms with Crippen LogP contribution in [0, 0.1) is 13.8 Å². The van der Waals surface area contributed by atoms with Crippen molar-refractivity contribution in [3.63, 3.8) is 0 Å². The fourth-order valence-corrected chi connectivity index (χ4v) is 3.09. The molecule has 0 bridgehead atoms. The second-order valence-corrected chi connectivity index (χ2v) is 6.30. The van der Waals surface area contributed by atoms with Gasteiger partial charge in [0.05, 0.1) is 6.54 Å². The van der Waals surface area contributed by atoms with E-state index in [1.807, 2.05) is 39.0 Å². The van der Waals surface area contributed by atoms with E-state index in [2.05, 4.69) is 20.4 Å². The van der Waals surface area contributed by atoms with Crippen LogP contribution in [0.4, 0.5) is 5.69 Å². The Morgan fingerprint density at radius 1 is 1.17 bits per heavy atom. The van der Waals surface area contributed by atoms with Crippen LogP contribution in [0.1, 0.15) is 18.1 Å². The fourth-order valence-electron chi connectivity index (χ4n) is 2.77. The van der Waals surface area contributed by atoms with Crippen LogP contribution in [0.15, 0.2) is 18.2 Å². The zero-order valence-corrected chi connectivity index (χ0v) is 15.0. The molecule has 1 heterocycles. The molecule has 1 aromatic rings. The number of nitrogens with zero attached hydrogens (tertiary/aromatic N) is 2. The molecule has 6 heteroatoms. The van der Waals surface area contributed by atoms with E-state index in [0.717, 1.165) is 54.7 Å². The van der Waals surface area contributed by atoms with Gasteiger partial charge >= 0.3 is 0 Å². The largest absolute Gasteiger partial charge is 0.363 e. The second kappa shape index (κ2) is 8.26. The summed E-state index contributed by atoms with van der Waals surface area (Å²) in [4.78, 5) is 16.6. The topological polar surface area (TPSA) is 47.6 Å². The Morgan fingerprint density at radius 3 is 2.35 bits per heavy atom. The van der Waals surface area contributed by atoms with Gasteiger partial charge in [-0.15, -0.1) is 0 Å². The predicted octanol–water partition coefficient (Wildman–Crippen LogP) is 1.75. The number of benzene rings is 1. The highest BCUT2D eigenvalue weighted by atomic mass is 32.1. The highest BCUT2D eigenvalue weighted by Gasteiger charge is 2.20. The van der Waals surface area contributed by atoms with E-state index in [9.17, 15) is 4.79 Å². The Morgan fingerprint density at radius 2 is 1.78 bits per heavy atom. The third-order valence-corrected chi connectivity index (χ3v) is 4.50. The first kappa shape index (κ1) is 17.7. The molecule has 0 atom stereocenters. The van der Waals surface area contributed by atoms with Gasteiger partial charge in [-0.05, 0) is 44.1 Å². The smallest absolute Gasteiger partial charge is 0.238 e. The van der Waals surface area contributed by atoms with Gasteiger partial charge in [-0.1, -0.05) is 18.2 Å². The monoisotopic (exact) mass is 334 g/mol. The number of thiocarbonyl (C=S) groups is 1. The molecular formula is C17H26N4OS. The van der Waals surface area contributed by atoms with Gasteiger partial charge in [0.2, 0.25) is 5.91 Å². The number of nitrogens with one attached hydrogen (secondary N) is 2. The lowest BCUT2D eigenvalue weighted by Gasteiger charge is -2.35. The number of piperazine rings is 1. The maximum atomic E-state index is 12.3. The molecule has 1 aliphatic heterocycles. The molecular weight excluding hydrogens is 308 g/mol. The maximum Gasteiger partial charge on any atom is 0.238 e. The Bertz CT molecular complexity index is 547. The van der Waals surface area contributed by atoms with Crippen molar-refractivity contribution in [2.24, 2.45) is 0 Å². The predicted molar refractivity (Wildman–Crippen MR) is 98.8 cm³/mol. The molecule has 126 valence electrons. The van der Waals surface area contributed by atoms with E-state index < -0.39 is 0 Å². The van der Waals surface area contributed by atoms with Crippen molar-refractivity contribution in [3.8, 4) is 0 Å². The summed E-state index contributed by atoms with van der Waals surface area (Å²) in [5, 5.41) is 7.04. The minimum atomic E-state index is 0.0464. The van der Waals surface area contributed by atoms with Crippen LogP contribution in [0.25, 0.3) is 0 Å². The van der Waals surface area contributed by atoms with Gasteiger partial charge in [-0.25, -0.2) is 0 Å². The number of rotatable bonds is 4. The van der Waals surface area contributed by atoms with E-state index >= 15 is 0 Å². The van der Waals surface area contributed by atoms with Crippen molar-refractivity contribution < 1.29 is 4.79 Å². The van der Waals surface area contributed by atoms with Crippen molar-refractivity contribution in [1.82, 2.24) is 15.1 Å². The number of anilines is 1. The number of carbonyl (C=O) groups is 1. The Kier molecular flexibility index (Phi) is 6.36. The lowest BCUT2D eigenvalue weighted by Crippen LogP contribution is -2.52. The molecule has 23 heavy (non-hydrogen) atoms. The standard InChI is InChI=1S/C17H26N4OS/c1-4-18-17(23)21-10-8-20(9-11-21)12-15(22)19-16-13(2)6-5-7-14(16)3/h5-7H,4,8-12H2,1-3H3,(H,18,23)(H,19,22). The third-order valence-electron chi connectivity index (χ3n) is 4.10. The first-order valence-corrected chi connectivity index (χ1v) is 8.53. The van der Waals surface area contributed by atoms with E-state index in [1.165, 1.54) is 0 Å². The normalized spacial score (nSPS) is 15.3. The number of hydrogen-bond acceptors (Lipinski definition) is 3. The highest BCUT2D eigenvalue weighted by Crippen LogP contribution is 2.19. The molecule has 0 radical (unpaired) electrons. The van der Waals surface area contributed by atoms with Crippen LogP contribution in [-0.4, -0.2) is 60.1 Å². The first-order chi connectivity index (χ1) is 11.0. The molecule has 1 aliphatic rings. The summed E-state index contributed by atoms with van der Waals surface area (Å²) < 4.78 is 0. The van der Waals surface area contributed by atoms with Gasteiger partial charge < -0.3 is 15.5 Å². The lowest BCUT2D eigenvalue weighted by molar-refractivity contribution is -0.117. The summed E-state index contributed by atoms with van der Waals surface area (Å²) in [6.07, 6.45) is 0. The Hall–Kier alpha value is -1.66. The van der Waals surface area contributed by atoms with Crippen LogP contribution < -0.4 is 10.6 Å². The van der Waals surface area contributed by atoms with Crippen LogP contribution in [-0.2, 0) is 4.79 Å². The Balaban J connectivity index is 1.82. The van der Waals surface area contributed by atoms with E-state index in [0.29, 0.717) is 6.54 Å². The molecule has 0 aromatic heterocycles. The van der Waals surface area contributed by atoms with Gasteiger partial charge in [0.1, 0.15) is 0 Å². The second-order valence-electron chi connectivity index (χ2n) is 5.91. The van der Waals surface area contributed by atoms with E-state index in [4.69, 9.17) is 12.2 Å². The number of carbonyl (C=O) groups excluding carboxylic acids is 1. The lowest BCUT2D eigenvalue weighted by atomic mass is 10.1. The first-order valence-electron chi connectivity index (χ1n) is 8.12. The molecule has 1 saturated heterocycles.